The first-order chi connectivity index (χ1) is 11.5. The molecule has 1 N–H and O–H groups in total. The second kappa shape index (κ2) is 6.76. The zero-order valence-corrected chi connectivity index (χ0v) is 14.5. The SMILES string of the molecule is O=S(=O)(N/N=C\c1cc2cc(Cl)ccc2nc1Cl)c1ccccc1. The van der Waals surface area contributed by atoms with Crippen molar-refractivity contribution >= 4 is 50.3 Å². The van der Waals surface area contributed by atoms with Gasteiger partial charge in [0.1, 0.15) is 5.15 Å². The van der Waals surface area contributed by atoms with Crippen molar-refractivity contribution in [2.24, 2.45) is 5.10 Å². The van der Waals surface area contributed by atoms with E-state index in [1.165, 1.54) is 18.3 Å². The lowest BCUT2D eigenvalue weighted by molar-refractivity contribution is 0.584. The molecular formula is C16H11Cl2N3O2S. The molecule has 0 aliphatic heterocycles. The van der Waals surface area contributed by atoms with Crippen molar-refractivity contribution in [3.8, 4) is 0 Å². The number of nitrogens with one attached hydrogen (secondary N) is 1. The minimum absolute atomic E-state index is 0.122. The van der Waals surface area contributed by atoms with Crippen LogP contribution in [0.3, 0.4) is 0 Å². The highest BCUT2D eigenvalue weighted by molar-refractivity contribution is 7.89. The van der Waals surface area contributed by atoms with Gasteiger partial charge < -0.3 is 0 Å². The number of hydrazone groups is 1. The van der Waals surface area contributed by atoms with Crippen LogP contribution in [0.25, 0.3) is 10.9 Å². The Morgan fingerprint density at radius 2 is 1.79 bits per heavy atom. The van der Waals surface area contributed by atoms with Crippen LogP contribution < -0.4 is 4.83 Å². The molecule has 1 aromatic heterocycles. The fourth-order valence-corrected chi connectivity index (χ4v) is 3.24. The van der Waals surface area contributed by atoms with Gasteiger partial charge in [-0.15, -0.1) is 0 Å². The lowest BCUT2D eigenvalue weighted by atomic mass is 10.2. The Morgan fingerprint density at radius 1 is 1.04 bits per heavy atom. The van der Waals surface area contributed by atoms with E-state index >= 15 is 0 Å². The second-order valence-corrected chi connectivity index (χ2v) is 7.33. The molecular weight excluding hydrogens is 369 g/mol. The Labute approximate surface area is 149 Å². The number of benzene rings is 2. The normalized spacial score (nSPS) is 11.9. The molecule has 0 unspecified atom stereocenters. The van der Waals surface area contributed by atoms with Crippen molar-refractivity contribution in [1.29, 1.82) is 0 Å². The van der Waals surface area contributed by atoms with E-state index in [9.17, 15) is 8.42 Å². The maximum Gasteiger partial charge on any atom is 0.276 e. The summed E-state index contributed by atoms with van der Waals surface area (Å²) >= 11 is 12.1. The van der Waals surface area contributed by atoms with Crippen LogP contribution in [0.5, 0.6) is 0 Å². The van der Waals surface area contributed by atoms with E-state index in [4.69, 9.17) is 23.2 Å². The van der Waals surface area contributed by atoms with Crippen molar-refractivity contribution in [3.05, 3.63) is 70.3 Å². The monoisotopic (exact) mass is 379 g/mol. The molecule has 2 aromatic carbocycles. The van der Waals surface area contributed by atoms with E-state index in [1.54, 1.807) is 42.5 Å². The van der Waals surface area contributed by atoms with Crippen LogP contribution in [0.4, 0.5) is 0 Å². The molecule has 3 aromatic rings. The van der Waals surface area contributed by atoms with Crippen LogP contribution in [0.2, 0.25) is 10.2 Å². The van der Waals surface area contributed by atoms with Crippen molar-refractivity contribution in [2.75, 3.05) is 0 Å². The highest BCUT2D eigenvalue weighted by Gasteiger charge is 2.11. The number of sulfonamides is 1. The molecule has 3 rings (SSSR count). The maximum atomic E-state index is 12.1. The van der Waals surface area contributed by atoms with Gasteiger partial charge in [-0.3, -0.25) is 0 Å². The summed E-state index contributed by atoms with van der Waals surface area (Å²) in [5.74, 6) is 0. The quantitative estimate of drug-likeness (QED) is 0.425. The minimum Gasteiger partial charge on any atom is -0.235 e. The van der Waals surface area contributed by atoms with Gasteiger partial charge in [0, 0.05) is 16.0 Å². The van der Waals surface area contributed by atoms with Gasteiger partial charge in [-0.2, -0.15) is 13.5 Å². The summed E-state index contributed by atoms with van der Waals surface area (Å²) in [5, 5.41) is 5.32. The summed E-state index contributed by atoms with van der Waals surface area (Å²) in [5.41, 5.74) is 1.16. The molecule has 0 amide bonds. The van der Waals surface area contributed by atoms with Gasteiger partial charge >= 0.3 is 0 Å². The molecule has 0 fully saturated rings. The molecule has 24 heavy (non-hydrogen) atoms. The average molecular weight is 380 g/mol. The highest BCUT2D eigenvalue weighted by Crippen LogP contribution is 2.22. The van der Waals surface area contributed by atoms with Gasteiger partial charge in [-0.05, 0) is 36.4 Å². The fraction of sp³-hybridized carbons (Fsp3) is 0. The first-order valence-electron chi connectivity index (χ1n) is 6.81. The number of hydrogen-bond donors (Lipinski definition) is 1. The molecule has 0 aliphatic carbocycles. The molecule has 8 heteroatoms. The Bertz CT molecular complexity index is 1020. The first-order valence-corrected chi connectivity index (χ1v) is 9.05. The number of fused-ring (bicyclic) bond motifs is 1. The minimum atomic E-state index is -3.73. The first kappa shape index (κ1) is 16.7. The lowest BCUT2D eigenvalue weighted by Gasteiger charge is -2.04. The van der Waals surface area contributed by atoms with Gasteiger partial charge in [0.05, 0.1) is 16.6 Å². The number of halogens is 2. The Kier molecular flexibility index (Phi) is 4.71. The Morgan fingerprint density at radius 3 is 2.54 bits per heavy atom. The molecule has 122 valence electrons. The van der Waals surface area contributed by atoms with Gasteiger partial charge in [0.15, 0.2) is 0 Å². The van der Waals surface area contributed by atoms with Gasteiger partial charge in [-0.25, -0.2) is 9.82 Å². The Balaban J connectivity index is 1.87. The number of aromatic nitrogens is 1. The summed E-state index contributed by atoms with van der Waals surface area (Å²) in [6, 6.07) is 14.9. The summed E-state index contributed by atoms with van der Waals surface area (Å²) < 4.78 is 24.1. The summed E-state index contributed by atoms with van der Waals surface area (Å²) in [7, 11) is -3.73. The number of pyridine rings is 1. The van der Waals surface area contributed by atoms with E-state index in [1.807, 2.05) is 0 Å². The third-order valence-electron chi connectivity index (χ3n) is 3.19. The lowest BCUT2D eigenvalue weighted by Crippen LogP contribution is -2.18. The molecule has 0 saturated heterocycles. The molecule has 0 spiro atoms. The van der Waals surface area contributed by atoms with Crippen LogP contribution in [0.1, 0.15) is 5.56 Å². The Hall–Kier alpha value is -2.15. The van der Waals surface area contributed by atoms with Crippen molar-refractivity contribution in [3.63, 3.8) is 0 Å². The van der Waals surface area contributed by atoms with E-state index in [2.05, 4.69) is 14.9 Å². The largest absolute Gasteiger partial charge is 0.276 e. The predicted molar refractivity (Wildman–Crippen MR) is 96.1 cm³/mol. The second-order valence-electron chi connectivity index (χ2n) is 4.87. The summed E-state index contributed by atoms with van der Waals surface area (Å²) in [6.07, 6.45) is 1.30. The van der Waals surface area contributed by atoms with Crippen LogP contribution in [-0.4, -0.2) is 19.6 Å². The molecule has 5 nitrogen and oxygen atoms in total. The van der Waals surface area contributed by atoms with Crippen molar-refractivity contribution < 1.29 is 8.42 Å². The average Bonchev–Trinajstić information content (AvgIpc) is 2.56. The van der Waals surface area contributed by atoms with Crippen molar-refractivity contribution in [2.45, 2.75) is 4.90 Å². The zero-order chi connectivity index (χ0) is 17.2. The number of hydrogen-bond acceptors (Lipinski definition) is 4. The molecule has 0 atom stereocenters. The van der Waals surface area contributed by atoms with Crippen LogP contribution in [0.15, 0.2) is 64.6 Å². The van der Waals surface area contributed by atoms with E-state index < -0.39 is 10.0 Å². The number of rotatable bonds is 4. The van der Waals surface area contributed by atoms with E-state index in [-0.39, 0.29) is 10.0 Å². The summed E-state index contributed by atoms with van der Waals surface area (Å²) in [4.78, 5) is 6.49. The number of nitrogens with zero attached hydrogens (tertiary/aromatic N) is 2. The molecule has 0 bridgehead atoms. The molecule has 0 saturated carbocycles. The highest BCUT2D eigenvalue weighted by atomic mass is 35.5. The van der Waals surface area contributed by atoms with Gasteiger partial charge in [-0.1, -0.05) is 41.4 Å². The topological polar surface area (TPSA) is 71.4 Å². The zero-order valence-electron chi connectivity index (χ0n) is 12.1. The van der Waals surface area contributed by atoms with E-state index in [0.29, 0.717) is 16.1 Å². The smallest absolute Gasteiger partial charge is 0.235 e. The summed E-state index contributed by atoms with van der Waals surface area (Å²) in [6.45, 7) is 0. The third kappa shape index (κ3) is 3.67. The maximum absolute atomic E-state index is 12.1. The fourth-order valence-electron chi connectivity index (χ4n) is 2.05. The van der Waals surface area contributed by atoms with Crippen LogP contribution in [0, 0.1) is 0 Å². The van der Waals surface area contributed by atoms with Gasteiger partial charge in [0.25, 0.3) is 10.0 Å². The van der Waals surface area contributed by atoms with Crippen LogP contribution in [-0.2, 0) is 10.0 Å². The molecule has 0 radical (unpaired) electrons. The molecule has 1 heterocycles. The third-order valence-corrected chi connectivity index (χ3v) is 4.96. The molecule has 0 aliphatic rings. The standard InChI is InChI=1S/C16H11Cl2N3O2S/c17-13-6-7-15-11(9-13)8-12(16(18)20-15)10-19-21-24(22,23)14-4-2-1-3-5-14/h1-10,21H/b19-10-. The van der Waals surface area contributed by atoms with Gasteiger partial charge in [0.2, 0.25) is 0 Å². The van der Waals surface area contributed by atoms with Crippen LogP contribution >= 0.6 is 23.2 Å². The van der Waals surface area contributed by atoms with Crippen molar-refractivity contribution in [1.82, 2.24) is 9.82 Å². The van der Waals surface area contributed by atoms with E-state index in [0.717, 1.165) is 5.39 Å². The predicted octanol–water partition coefficient (Wildman–Crippen LogP) is 3.85.